The summed E-state index contributed by atoms with van der Waals surface area (Å²) in [6.07, 6.45) is -12.1. The van der Waals surface area contributed by atoms with E-state index in [2.05, 4.69) is 5.32 Å². The Morgan fingerprint density at radius 1 is 0.850 bits per heavy atom. The molecule has 0 bridgehead atoms. The highest BCUT2D eigenvalue weighted by Crippen LogP contribution is 2.55. The molecule has 1 N–H and O–H groups in total. The van der Waals surface area contributed by atoms with Gasteiger partial charge in [-0.25, -0.2) is 17.2 Å². The van der Waals surface area contributed by atoms with Gasteiger partial charge in [-0.2, -0.15) is 26.3 Å². The molecule has 0 unspecified atom stereocenters. The van der Waals surface area contributed by atoms with Gasteiger partial charge < -0.3 is 10.1 Å². The van der Waals surface area contributed by atoms with Crippen LogP contribution in [0.4, 0.5) is 35.1 Å². The van der Waals surface area contributed by atoms with E-state index in [9.17, 15) is 48.3 Å². The molecule has 2 fully saturated rings. The summed E-state index contributed by atoms with van der Waals surface area (Å²) in [5.74, 6) is -2.05. The topological polar surface area (TPSA) is 72.5 Å². The Kier molecular flexibility index (Phi) is 8.00. The summed E-state index contributed by atoms with van der Waals surface area (Å²) in [4.78, 5) is 12.7. The fourth-order valence-electron chi connectivity index (χ4n) is 5.39. The molecule has 1 saturated carbocycles. The maximum absolute atomic E-state index is 14.6. The first-order valence-corrected chi connectivity index (χ1v) is 13.8. The normalized spacial score (nSPS) is 23.2. The van der Waals surface area contributed by atoms with Crippen LogP contribution in [-0.4, -0.2) is 45.9 Å². The van der Waals surface area contributed by atoms with Gasteiger partial charge >= 0.3 is 18.0 Å². The van der Waals surface area contributed by atoms with Crippen molar-refractivity contribution < 1.29 is 53.1 Å². The van der Waals surface area contributed by atoms with Crippen molar-refractivity contribution in [1.29, 1.82) is 0 Å². The fourth-order valence-corrected chi connectivity index (χ4v) is 7.59. The predicted octanol–water partition coefficient (Wildman–Crippen LogP) is 5.88. The Labute approximate surface area is 224 Å². The van der Waals surface area contributed by atoms with Gasteiger partial charge in [-0.15, -0.1) is 0 Å². The van der Waals surface area contributed by atoms with Gasteiger partial charge in [-0.1, -0.05) is 24.3 Å². The molecular formula is C26H25F8NO4S. The molecule has 2 aliphatic rings. The number of benzene rings is 2. The van der Waals surface area contributed by atoms with Crippen molar-refractivity contribution in [3.63, 3.8) is 0 Å². The highest BCUT2D eigenvalue weighted by Gasteiger charge is 2.73. The zero-order valence-electron chi connectivity index (χ0n) is 20.8. The van der Waals surface area contributed by atoms with Crippen LogP contribution < -0.4 is 5.32 Å². The van der Waals surface area contributed by atoms with E-state index in [0.717, 1.165) is 24.3 Å². The number of halogens is 8. The zero-order valence-corrected chi connectivity index (χ0v) is 21.6. The van der Waals surface area contributed by atoms with Gasteiger partial charge in [-0.3, -0.25) is 4.79 Å². The molecule has 40 heavy (non-hydrogen) atoms. The number of carbonyl (C=O) groups is 1. The smallest absolute Gasteiger partial charge is 0.381 e. The van der Waals surface area contributed by atoms with Crippen molar-refractivity contribution in [3.05, 3.63) is 65.5 Å². The summed E-state index contributed by atoms with van der Waals surface area (Å²) in [5, 5.41) is 2.85. The molecule has 1 aliphatic carbocycles. The Balaban J connectivity index is 1.75. The van der Waals surface area contributed by atoms with Crippen molar-refractivity contribution in [2.45, 2.75) is 65.8 Å². The zero-order chi connectivity index (χ0) is 29.6. The fraction of sp³-hybridized carbons (Fsp3) is 0.500. The van der Waals surface area contributed by atoms with Crippen LogP contribution in [0.1, 0.15) is 43.2 Å². The number of sulfone groups is 1. The second-order valence-corrected chi connectivity index (χ2v) is 12.3. The summed E-state index contributed by atoms with van der Waals surface area (Å²) in [5.41, 5.74) is -7.67. The molecule has 0 spiro atoms. The Bertz CT molecular complexity index is 1310. The van der Waals surface area contributed by atoms with Crippen LogP contribution in [-0.2, 0) is 29.8 Å². The Morgan fingerprint density at radius 2 is 1.40 bits per heavy atom. The lowest BCUT2D eigenvalue weighted by molar-refractivity contribution is -0.348. The van der Waals surface area contributed by atoms with Crippen molar-refractivity contribution in [1.82, 2.24) is 5.32 Å². The van der Waals surface area contributed by atoms with E-state index in [-0.39, 0.29) is 47.9 Å². The minimum Gasteiger partial charge on any atom is -0.381 e. The van der Waals surface area contributed by atoms with E-state index >= 15 is 0 Å². The molecule has 2 aromatic carbocycles. The SMILES string of the molecule is O=C(NC1CCOCC1)[C@@H]1CC[C@](c2ccc(C(F)(C(F)(F)F)C(F)(F)F)cc2)(S(=O)(=O)c2ccc(F)cc2)C1. The van der Waals surface area contributed by atoms with Crippen LogP contribution in [0, 0.1) is 11.7 Å². The van der Waals surface area contributed by atoms with Crippen molar-refractivity contribution in [2.24, 2.45) is 5.92 Å². The minimum atomic E-state index is -6.34. The standard InChI is InChI=1S/C26H25F8NO4S/c27-19-5-7-21(8-6-19)40(37,38)23(12-9-16(15-23)22(36)35-20-10-13-39-14-11-20)17-1-3-18(4-2-17)24(28,25(29,30)31)26(32,33)34/h1-8,16,20H,9-15H2,(H,35,36)/t16-,23+/m1/s1. The van der Waals surface area contributed by atoms with Gasteiger partial charge in [0.15, 0.2) is 9.84 Å². The third-order valence-corrected chi connectivity index (χ3v) is 10.2. The first-order valence-electron chi connectivity index (χ1n) is 12.3. The van der Waals surface area contributed by atoms with Crippen molar-refractivity contribution in [2.75, 3.05) is 13.2 Å². The van der Waals surface area contributed by atoms with Gasteiger partial charge in [0.1, 0.15) is 10.6 Å². The van der Waals surface area contributed by atoms with Crippen LogP contribution in [0.3, 0.4) is 0 Å². The number of ether oxygens (including phenoxy) is 1. The quantitative estimate of drug-likeness (QED) is 0.333. The van der Waals surface area contributed by atoms with Crippen LogP contribution >= 0.6 is 0 Å². The number of rotatable bonds is 6. The number of alkyl halides is 7. The monoisotopic (exact) mass is 599 g/mol. The number of hydrogen-bond donors (Lipinski definition) is 1. The van der Waals surface area contributed by atoms with Crippen LogP contribution in [0.2, 0.25) is 0 Å². The third kappa shape index (κ3) is 5.19. The predicted molar refractivity (Wildman–Crippen MR) is 126 cm³/mol. The highest BCUT2D eigenvalue weighted by atomic mass is 32.2. The summed E-state index contributed by atoms with van der Waals surface area (Å²) >= 11 is 0. The summed E-state index contributed by atoms with van der Waals surface area (Å²) in [6.45, 7) is 0.855. The second-order valence-electron chi connectivity index (χ2n) is 10.0. The number of amides is 1. The third-order valence-electron chi connectivity index (χ3n) is 7.64. The molecule has 0 radical (unpaired) electrons. The number of carbonyl (C=O) groups excluding carboxylic acids is 1. The van der Waals surface area contributed by atoms with Crippen molar-refractivity contribution in [3.8, 4) is 0 Å². The molecular weight excluding hydrogens is 574 g/mol. The minimum absolute atomic E-state index is 0.0371. The molecule has 5 nitrogen and oxygen atoms in total. The molecule has 1 amide bonds. The average molecular weight is 600 g/mol. The van der Waals surface area contributed by atoms with E-state index in [1.54, 1.807) is 0 Å². The lowest BCUT2D eigenvalue weighted by Crippen LogP contribution is -2.50. The lowest BCUT2D eigenvalue weighted by atomic mass is 9.89. The molecule has 0 aromatic heterocycles. The van der Waals surface area contributed by atoms with E-state index in [0.29, 0.717) is 38.2 Å². The average Bonchev–Trinajstić information content (AvgIpc) is 3.36. The summed E-state index contributed by atoms with van der Waals surface area (Å²) < 4.78 is 139. The van der Waals surface area contributed by atoms with E-state index in [4.69, 9.17) is 4.74 Å². The second kappa shape index (κ2) is 10.6. The molecule has 2 aromatic rings. The van der Waals surface area contributed by atoms with Gasteiger partial charge in [0, 0.05) is 30.7 Å². The summed E-state index contributed by atoms with van der Waals surface area (Å²) in [7, 11) is -4.48. The van der Waals surface area contributed by atoms with E-state index in [1.165, 1.54) is 0 Å². The van der Waals surface area contributed by atoms with Crippen molar-refractivity contribution >= 4 is 15.7 Å². The first kappa shape index (κ1) is 30.2. The highest BCUT2D eigenvalue weighted by molar-refractivity contribution is 7.92. The van der Waals surface area contributed by atoms with Gasteiger partial charge in [0.25, 0.3) is 0 Å². The maximum Gasteiger partial charge on any atom is 0.435 e. The van der Waals surface area contributed by atoms with Crippen LogP contribution in [0.25, 0.3) is 0 Å². The van der Waals surface area contributed by atoms with Crippen LogP contribution in [0.15, 0.2) is 53.4 Å². The van der Waals surface area contributed by atoms with Gasteiger partial charge in [-0.05, 0) is 61.9 Å². The van der Waals surface area contributed by atoms with Gasteiger partial charge in [0.05, 0.1) is 4.90 Å². The van der Waals surface area contributed by atoms with Gasteiger partial charge in [0.2, 0.25) is 5.91 Å². The Hall–Kier alpha value is -2.74. The first-order chi connectivity index (χ1) is 18.5. The molecule has 14 heteroatoms. The van der Waals surface area contributed by atoms with E-state index in [1.807, 2.05) is 0 Å². The maximum atomic E-state index is 14.6. The lowest BCUT2D eigenvalue weighted by Gasteiger charge is -2.33. The van der Waals surface area contributed by atoms with E-state index < -0.39 is 55.8 Å². The molecule has 1 saturated heterocycles. The van der Waals surface area contributed by atoms with Crippen LogP contribution in [0.5, 0.6) is 0 Å². The molecule has 1 heterocycles. The number of nitrogens with one attached hydrogen (secondary N) is 1. The number of hydrogen-bond acceptors (Lipinski definition) is 4. The molecule has 2 atom stereocenters. The summed E-state index contributed by atoms with van der Waals surface area (Å²) in [6, 6.07) is 5.47. The molecule has 220 valence electrons. The molecule has 4 rings (SSSR count). The Morgan fingerprint density at radius 3 is 1.93 bits per heavy atom. The largest absolute Gasteiger partial charge is 0.435 e. The molecule has 1 aliphatic heterocycles.